The van der Waals surface area contributed by atoms with Gasteiger partial charge in [0.2, 0.25) is 5.91 Å². The van der Waals surface area contributed by atoms with Gasteiger partial charge in [0.25, 0.3) is 11.6 Å². The number of hydrogen-bond donors (Lipinski definition) is 3. The first kappa shape index (κ1) is 16.4. The van der Waals surface area contributed by atoms with Gasteiger partial charge in [-0.3, -0.25) is 19.7 Å². The predicted octanol–water partition coefficient (Wildman–Crippen LogP) is 1.02. The van der Waals surface area contributed by atoms with E-state index in [9.17, 15) is 19.7 Å². The summed E-state index contributed by atoms with van der Waals surface area (Å²) in [6.07, 6.45) is 0.771. The molecule has 0 aromatic heterocycles. The van der Waals surface area contributed by atoms with Crippen LogP contribution in [0.2, 0.25) is 0 Å². The number of nitrogens with one attached hydrogen (secondary N) is 2. The van der Waals surface area contributed by atoms with E-state index in [0.717, 1.165) is 6.42 Å². The van der Waals surface area contributed by atoms with Crippen molar-refractivity contribution < 1.29 is 14.5 Å². The molecule has 0 radical (unpaired) electrons. The molecule has 1 rings (SSSR count). The molecule has 0 heterocycles. The summed E-state index contributed by atoms with van der Waals surface area (Å²) in [6, 6.07) is 4.26. The summed E-state index contributed by atoms with van der Waals surface area (Å²) >= 11 is 0. The number of para-hydroxylation sites is 1. The second kappa shape index (κ2) is 7.83. The molecule has 1 aromatic carbocycles. The first-order valence-electron chi connectivity index (χ1n) is 6.55. The third kappa shape index (κ3) is 4.75. The summed E-state index contributed by atoms with van der Waals surface area (Å²) in [5.41, 5.74) is 5.17. The number of carbonyl (C=O) groups is 2. The van der Waals surface area contributed by atoms with Crippen molar-refractivity contribution in [2.75, 3.05) is 18.4 Å². The summed E-state index contributed by atoms with van der Waals surface area (Å²) in [5.74, 6) is -1.02. The highest BCUT2D eigenvalue weighted by Crippen LogP contribution is 2.28. The van der Waals surface area contributed by atoms with Gasteiger partial charge in [0.15, 0.2) is 0 Å². The van der Waals surface area contributed by atoms with Gasteiger partial charge in [0.1, 0.15) is 5.69 Å². The number of hydrogen-bond acceptors (Lipinski definition) is 5. The van der Waals surface area contributed by atoms with Gasteiger partial charge in [-0.1, -0.05) is 13.0 Å². The largest absolute Gasteiger partial charge is 0.379 e. The Morgan fingerprint density at radius 3 is 2.62 bits per heavy atom. The molecule has 1 aromatic rings. The van der Waals surface area contributed by atoms with E-state index < -0.39 is 16.7 Å². The van der Waals surface area contributed by atoms with Crippen molar-refractivity contribution >= 4 is 23.2 Å². The Bertz CT molecular complexity index is 545. The smallest absolute Gasteiger partial charge is 0.293 e. The molecule has 8 heteroatoms. The van der Waals surface area contributed by atoms with Crippen molar-refractivity contribution in [2.24, 2.45) is 5.73 Å². The minimum atomic E-state index is -0.543. The molecule has 0 spiro atoms. The summed E-state index contributed by atoms with van der Waals surface area (Å²) in [6.45, 7) is 2.50. The number of nitrogens with zero attached hydrogens (tertiary/aromatic N) is 1. The number of nitro groups is 1. The quantitative estimate of drug-likeness (QED) is 0.487. The number of nitro benzene ring substituents is 1. The van der Waals surface area contributed by atoms with Crippen molar-refractivity contribution in [3.05, 3.63) is 33.9 Å². The third-order valence-electron chi connectivity index (χ3n) is 2.69. The van der Waals surface area contributed by atoms with Crippen molar-refractivity contribution in [3.63, 3.8) is 0 Å². The van der Waals surface area contributed by atoms with Crippen molar-refractivity contribution in [1.29, 1.82) is 0 Å². The molecule has 8 nitrogen and oxygen atoms in total. The van der Waals surface area contributed by atoms with Gasteiger partial charge in [-0.15, -0.1) is 0 Å². The molecule has 2 amide bonds. The second-order valence-corrected chi connectivity index (χ2v) is 4.36. The maximum atomic E-state index is 12.1. The van der Waals surface area contributed by atoms with Gasteiger partial charge in [0, 0.05) is 25.6 Å². The normalized spacial score (nSPS) is 9.95. The van der Waals surface area contributed by atoms with E-state index in [2.05, 4.69) is 10.6 Å². The highest BCUT2D eigenvalue weighted by molar-refractivity contribution is 6.01. The molecule has 0 unspecified atom stereocenters. The minimum Gasteiger partial charge on any atom is -0.379 e. The molecule has 4 N–H and O–H groups in total. The lowest BCUT2D eigenvalue weighted by Crippen LogP contribution is -2.28. The maximum absolute atomic E-state index is 12.1. The van der Waals surface area contributed by atoms with E-state index in [4.69, 9.17) is 5.73 Å². The molecule has 21 heavy (non-hydrogen) atoms. The lowest BCUT2D eigenvalue weighted by Gasteiger charge is -2.11. The molecule has 0 aliphatic heterocycles. The highest BCUT2D eigenvalue weighted by atomic mass is 16.6. The Kier molecular flexibility index (Phi) is 6.12. The maximum Gasteiger partial charge on any atom is 0.293 e. The summed E-state index contributed by atoms with van der Waals surface area (Å²) in [5, 5.41) is 16.4. The molecule has 114 valence electrons. The molecule has 0 fully saturated rings. The van der Waals surface area contributed by atoms with Crippen molar-refractivity contribution in [3.8, 4) is 0 Å². The van der Waals surface area contributed by atoms with E-state index >= 15 is 0 Å². The van der Waals surface area contributed by atoms with Crippen LogP contribution >= 0.6 is 0 Å². The molecule has 0 saturated heterocycles. The number of rotatable bonds is 8. The highest BCUT2D eigenvalue weighted by Gasteiger charge is 2.21. The Morgan fingerprint density at radius 1 is 1.33 bits per heavy atom. The molecule has 0 saturated carbocycles. The lowest BCUT2D eigenvalue weighted by molar-refractivity contribution is -0.384. The fourth-order valence-electron chi connectivity index (χ4n) is 1.71. The lowest BCUT2D eigenvalue weighted by atomic mass is 10.1. The average Bonchev–Trinajstić information content (AvgIpc) is 2.43. The first-order valence-corrected chi connectivity index (χ1v) is 6.55. The fraction of sp³-hybridized carbons (Fsp3) is 0.385. The summed E-state index contributed by atoms with van der Waals surface area (Å²) in [4.78, 5) is 33.2. The van der Waals surface area contributed by atoms with Crippen LogP contribution in [0, 0.1) is 10.1 Å². The van der Waals surface area contributed by atoms with Crippen LogP contribution in [0.15, 0.2) is 18.2 Å². The van der Waals surface area contributed by atoms with E-state index in [1.165, 1.54) is 18.2 Å². The number of amides is 2. The van der Waals surface area contributed by atoms with Crippen molar-refractivity contribution in [1.82, 2.24) is 5.32 Å². The zero-order chi connectivity index (χ0) is 15.8. The topological polar surface area (TPSA) is 127 Å². The number of primary amides is 1. The zero-order valence-corrected chi connectivity index (χ0v) is 11.7. The minimum absolute atomic E-state index is 0.0123. The molecule has 0 aliphatic rings. The molecule has 0 atom stereocenters. The number of benzene rings is 1. The van der Waals surface area contributed by atoms with Gasteiger partial charge in [-0.25, -0.2) is 0 Å². The van der Waals surface area contributed by atoms with Crippen LogP contribution in [0.3, 0.4) is 0 Å². The van der Waals surface area contributed by atoms with Crippen molar-refractivity contribution in [2.45, 2.75) is 19.8 Å². The van der Waals surface area contributed by atoms with Crippen LogP contribution in [-0.2, 0) is 4.79 Å². The molecular formula is C13H18N4O4. The van der Waals surface area contributed by atoms with E-state index in [0.29, 0.717) is 6.54 Å². The molecule has 0 bridgehead atoms. The summed E-state index contributed by atoms with van der Waals surface area (Å²) < 4.78 is 0. The molecule has 0 aliphatic carbocycles. The van der Waals surface area contributed by atoms with Crippen LogP contribution in [0.5, 0.6) is 0 Å². The van der Waals surface area contributed by atoms with Gasteiger partial charge in [-0.2, -0.15) is 0 Å². The summed E-state index contributed by atoms with van der Waals surface area (Å²) in [7, 11) is 0. The Balaban J connectivity index is 2.98. The van der Waals surface area contributed by atoms with Gasteiger partial charge >= 0.3 is 0 Å². The van der Waals surface area contributed by atoms with Crippen LogP contribution < -0.4 is 16.4 Å². The van der Waals surface area contributed by atoms with E-state index in [-0.39, 0.29) is 29.9 Å². The van der Waals surface area contributed by atoms with Gasteiger partial charge in [0.05, 0.1) is 10.5 Å². The van der Waals surface area contributed by atoms with Gasteiger partial charge in [-0.05, 0) is 12.5 Å². The first-order chi connectivity index (χ1) is 9.97. The Morgan fingerprint density at radius 2 is 2.05 bits per heavy atom. The standard InChI is InChI=1S/C13H18N4O4/c1-2-7-15-12-9(4-3-5-10(12)17(20)21)13(19)16-8-6-11(14)18/h3-5,15H,2,6-8H2,1H3,(H2,14,18)(H,16,19). The second-order valence-electron chi connectivity index (χ2n) is 4.36. The Labute approximate surface area is 121 Å². The molecular weight excluding hydrogens is 276 g/mol. The van der Waals surface area contributed by atoms with Gasteiger partial charge < -0.3 is 16.4 Å². The fourth-order valence-corrected chi connectivity index (χ4v) is 1.71. The average molecular weight is 294 g/mol. The number of nitrogens with two attached hydrogens (primary N) is 1. The van der Waals surface area contributed by atoms with E-state index in [1.807, 2.05) is 6.92 Å². The van der Waals surface area contributed by atoms with Crippen LogP contribution in [0.4, 0.5) is 11.4 Å². The van der Waals surface area contributed by atoms with E-state index in [1.54, 1.807) is 0 Å². The third-order valence-corrected chi connectivity index (χ3v) is 2.69. The monoisotopic (exact) mass is 294 g/mol. The Hall–Kier alpha value is -2.64. The zero-order valence-electron chi connectivity index (χ0n) is 11.7. The SMILES string of the molecule is CCCNc1c(C(=O)NCCC(N)=O)cccc1[N+](=O)[O-]. The number of anilines is 1. The van der Waals surface area contributed by atoms with Crippen LogP contribution in [0.25, 0.3) is 0 Å². The predicted molar refractivity (Wildman–Crippen MR) is 78.0 cm³/mol. The number of carbonyl (C=O) groups excluding carboxylic acids is 2. The van der Waals surface area contributed by atoms with Crippen LogP contribution in [-0.4, -0.2) is 29.8 Å². The van der Waals surface area contributed by atoms with Crippen LogP contribution in [0.1, 0.15) is 30.1 Å².